The predicted octanol–water partition coefficient (Wildman–Crippen LogP) is 1.48. The highest BCUT2D eigenvalue weighted by molar-refractivity contribution is 7.12. The lowest BCUT2D eigenvalue weighted by Gasteiger charge is -2.09. The van der Waals surface area contributed by atoms with Crippen LogP contribution in [0.25, 0.3) is 0 Å². The standard InChI is InChI=1S/C10H15NO2S/c1-6(5-12)11-10(13)9-4-7(2)14-8(9)3/h4,6,12H,5H2,1-3H3,(H,11,13)/t6-/m1/s1. The van der Waals surface area contributed by atoms with Gasteiger partial charge in [0, 0.05) is 15.8 Å². The van der Waals surface area contributed by atoms with Crippen molar-refractivity contribution in [2.45, 2.75) is 26.8 Å². The van der Waals surface area contributed by atoms with Crippen LogP contribution in [0.15, 0.2) is 6.07 Å². The number of hydrogen-bond acceptors (Lipinski definition) is 3. The Labute approximate surface area is 87.8 Å². The molecule has 0 bridgehead atoms. The SMILES string of the molecule is Cc1cc(C(=O)N[C@H](C)CO)c(C)s1. The van der Waals surface area contributed by atoms with Gasteiger partial charge in [-0.2, -0.15) is 0 Å². The maximum atomic E-state index is 11.6. The van der Waals surface area contributed by atoms with Crippen molar-refractivity contribution in [2.75, 3.05) is 6.61 Å². The molecule has 78 valence electrons. The van der Waals surface area contributed by atoms with Crippen molar-refractivity contribution in [3.8, 4) is 0 Å². The minimum atomic E-state index is -0.192. The number of aryl methyl sites for hydroxylation is 2. The smallest absolute Gasteiger partial charge is 0.252 e. The first-order valence-corrected chi connectivity index (χ1v) is 5.35. The van der Waals surface area contributed by atoms with Crippen LogP contribution in [-0.2, 0) is 0 Å². The minimum Gasteiger partial charge on any atom is -0.394 e. The molecule has 1 rings (SSSR count). The maximum absolute atomic E-state index is 11.6. The molecule has 0 fully saturated rings. The van der Waals surface area contributed by atoms with Gasteiger partial charge in [0.25, 0.3) is 5.91 Å². The van der Waals surface area contributed by atoms with Crippen molar-refractivity contribution in [2.24, 2.45) is 0 Å². The Morgan fingerprint density at radius 2 is 2.29 bits per heavy atom. The van der Waals surface area contributed by atoms with Gasteiger partial charge in [-0.15, -0.1) is 11.3 Å². The van der Waals surface area contributed by atoms with Crippen LogP contribution < -0.4 is 5.32 Å². The minimum absolute atomic E-state index is 0.0338. The zero-order valence-electron chi connectivity index (χ0n) is 8.63. The molecule has 1 aromatic heterocycles. The number of aliphatic hydroxyl groups is 1. The second-order valence-corrected chi connectivity index (χ2v) is 4.84. The van der Waals surface area contributed by atoms with Gasteiger partial charge in [-0.05, 0) is 26.8 Å². The van der Waals surface area contributed by atoms with Gasteiger partial charge in [-0.3, -0.25) is 4.79 Å². The van der Waals surface area contributed by atoms with Gasteiger partial charge in [0.05, 0.1) is 12.2 Å². The fourth-order valence-electron chi connectivity index (χ4n) is 1.20. The average molecular weight is 213 g/mol. The average Bonchev–Trinajstić information content (AvgIpc) is 2.45. The van der Waals surface area contributed by atoms with Gasteiger partial charge in [0.1, 0.15) is 0 Å². The molecule has 1 aromatic rings. The number of hydrogen-bond donors (Lipinski definition) is 2. The first kappa shape index (κ1) is 11.2. The molecule has 1 heterocycles. The summed E-state index contributed by atoms with van der Waals surface area (Å²) in [5.41, 5.74) is 0.716. The summed E-state index contributed by atoms with van der Waals surface area (Å²) in [6.07, 6.45) is 0. The van der Waals surface area contributed by atoms with Crippen LogP contribution in [0.5, 0.6) is 0 Å². The topological polar surface area (TPSA) is 49.3 Å². The zero-order chi connectivity index (χ0) is 10.7. The lowest BCUT2D eigenvalue weighted by atomic mass is 10.2. The largest absolute Gasteiger partial charge is 0.394 e. The van der Waals surface area contributed by atoms with Crippen molar-refractivity contribution in [1.82, 2.24) is 5.32 Å². The molecular weight excluding hydrogens is 198 g/mol. The van der Waals surface area contributed by atoms with Gasteiger partial charge >= 0.3 is 0 Å². The molecule has 0 aliphatic heterocycles. The summed E-state index contributed by atoms with van der Waals surface area (Å²) in [6.45, 7) is 5.64. The molecule has 0 aliphatic rings. The van der Waals surface area contributed by atoms with Gasteiger partial charge in [-0.1, -0.05) is 0 Å². The fourth-order valence-corrected chi connectivity index (χ4v) is 2.12. The first-order chi connectivity index (χ1) is 6.54. The van der Waals surface area contributed by atoms with E-state index in [4.69, 9.17) is 5.11 Å². The summed E-state index contributed by atoms with van der Waals surface area (Å²) in [5, 5.41) is 11.5. The molecule has 2 N–H and O–H groups in total. The number of rotatable bonds is 3. The van der Waals surface area contributed by atoms with E-state index in [9.17, 15) is 4.79 Å². The molecule has 0 unspecified atom stereocenters. The number of aliphatic hydroxyl groups excluding tert-OH is 1. The number of carbonyl (C=O) groups is 1. The fraction of sp³-hybridized carbons (Fsp3) is 0.500. The third-order valence-electron chi connectivity index (χ3n) is 1.94. The van der Waals surface area contributed by atoms with Gasteiger partial charge in [0.2, 0.25) is 0 Å². The Morgan fingerprint density at radius 3 is 2.71 bits per heavy atom. The molecule has 3 nitrogen and oxygen atoms in total. The highest BCUT2D eigenvalue weighted by Gasteiger charge is 2.13. The Balaban J connectivity index is 2.74. The second-order valence-electron chi connectivity index (χ2n) is 3.38. The maximum Gasteiger partial charge on any atom is 0.252 e. The van der Waals surface area contributed by atoms with Crippen LogP contribution in [0.2, 0.25) is 0 Å². The first-order valence-electron chi connectivity index (χ1n) is 4.53. The summed E-state index contributed by atoms with van der Waals surface area (Å²) in [6, 6.07) is 1.68. The number of nitrogens with one attached hydrogen (secondary N) is 1. The van der Waals surface area contributed by atoms with Crippen molar-refractivity contribution in [3.63, 3.8) is 0 Å². The zero-order valence-corrected chi connectivity index (χ0v) is 9.44. The van der Waals surface area contributed by atoms with E-state index in [2.05, 4.69) is 5.32 Å². The van der Waals surface area contributed by atoms with Crippen molar-refractivity contribution in [3.05, 3.63) is 21.4 Å². The third kappa shape index (κ3) is 2.56. The highest BCUT2D eigenvalue weighted by atomic mass is 32.1. The van der Waals surface area contributed by atoms with E-state index < -0.39 is 0 Å². The van der Waals surface area contributed by atoms with E-state index in [1.54, 1.807) is 18.3 Å². The van der Waals surface area contributed by atoms with Crippen LogP contribution in [0.4, 0.5) is 0 Å². The summed E-state index contributed by atoms with van der Waals surface area (Å²) < 4.78 is 0. The number of thiophene rings is 1. The summed E-state index contributed by atoms with van der Waals surface area (Å²) in [7, 11) is 0. The number of carbonyl (C=O) groups excluding carboxylic acids is 1. The Bertz CT molecular complexity index is 333. The van der Waals surface area contributed by atoms with Crippen LogP contribution >= 0.6 is 11.3 Å². The summed E-state index contributed by atoms with van der Waals surface area (Å²) in [5.74, 6) is -0.103. The third-order valence-corrected chi connectivity index (χ3v) is 2.90. The van der Waals surface area contributed by atoms with Gasteiger partial charge < -0.3 is 10.4 Å². The molecule has 0 radical (unpaired) electrons. The van der Waals surface area contributed by atoms with Gasteiger partial charge in [0.15, 0.2) is 0 Å². The second kappa shape index (κ2) is 4.57. The highest BCUT2D eigenvalue weighted by Crippen LogP contribution is 2.20. The lowest BCUT2D eigenvalue weighted by molar-refractivity contribution is 0.0922. The number of amides is 1. The molecule has 0 spiro atoms. The van der Waals surface area contributed by atoms with E-state index in [1.807, 2.05) is 19.9 Å². The van der Waals surface area contributed by atoms with E-state index >= 15 is 0 Å². The molecule has 4 heteroatoms. The van der Waals surface area contributed by atoms with Crippen LogP contribution in [0, 0.1) is 13.8 Å². The quantitative estimate of drug-likeness (QED) is 0.799. The summed E-state index contributed by atoms with van der Waals surface area (Å²) >= 11 is 1.61. The van der Waals surface area contributed by atoms with Crippen molar-refractivity contribution >= 4 is 17.2 Å². The Morgan fingerprint density at radius 1 is 1.64 bits per heavy atom. The molecule has 0 aromatic carbocycles. The molecule has 1 amide bonds. The molecule has 0 aliphatic carbocycles. The molecular formula is C10H15NO2S. The van der Waals surface area contributed by atoms with Crippen LogP contribution in [-0.4, -0.2) is 23.7 Å². The van der Waals surface area contributed by atoms with Gasteiger partial charge in [-0.25, -0.2) is 0 Å². The van der Waals surface area contributed by atoms with E-state index in [0.29, 0.717) is 5.56 Å². The molecule has 0 saturated carbocycles. The molecule has 0 saturated heterocycles. The van der Waals surface area contributed by atoms with E-state index in [-0.39, 0.29) is 18.6 Å². The predicted molar refractivity (Wildman–Crippen MR) is 57.8 cm³/mol. The lowest BCUT2D eigenvalue weighted by Crippen LogP contribution is -2.35. The van der Waals surface area contributed by atoms with Crippen molar-refractivity contribution < 1.29 is 9.90 Å². The molecule has 1 atom stereocenters. The molecule has 14 heavy (non-hydrogen) atoms. The Kier molecular flexibility index (Phi) is 3.66. The van der Waals surface area contributed by atoms with E-state index in [1.165, 1.54) is 0 Å². The Hall–Kier alpha value is -0.870. The van der Waals surface area contributed by atoms with Crippen molar-refractivity contribution in [1.29, 1.82) is 0 Å². The summed E-state index contributed by atoms with van der Waals surface area (Å²) in [4.78, 5) is 13.8. The van der Waals surface area contributed by atoms with Crippen LogP contribution in [0.1, 0.15) is 27.0 Å². The normalized spacial score (nSPS) is 12.6. The van der Waals surface area contributed by atoms with E-state index in [0.717, 1.165) is 9.75 Å². The van der Waals surface area contributed by atoms with Crippen LogP contribution in [0.3, 0.4) is 0 Å². The monoisotopic (exact) mass is 213 g/mol.